The predicted octanol–water partition coefficient (Wildman–Crippen LogP) is 3.86. The molecule has 0 atom stereocenters. The van der Waals surface area contributed by atoms with Crippen LogP contribution in [0.25, 0.3) is 10.9 Å². The second-order valence-electron chi connectivity index (χ2n) is 6.75. The number of nitrogens with one attached hydrogen (secondary N) is 1. The van der Waals surface area contributed by atoms with Gasteiger partial charge in [-0.1, -0.05) is 44.2 Å². The van der Waals surface area contributed by atoms with Crippen molar-refractivity contribution < 1.29 is 4.79 Å². The first-order valence-electron chi connectivity index (χ1n) is 8.81. The van der Waals surface area contributed by atoms with Gasteiger partial charge in [-0.25, -0.2) is 4.98 Å². The van der Waals surface area contributed by atoms with E-state index in [9.17, 15) is 9.59 Å². The molecule has 1 aromatic heterocycles. The van der Waals surface area contributed by atoms with Crippen LogP contribution in [-0.2, 0) is 11.3 Å². The lowest BCUT2D eigenvalue weighted by Crippen LogP contribution is -2.24. The number of amides is 1. The summed E-state index contributed by atoms with van der Waals surface area (Å²) in [6, 6.07) is 13.2. The molecular formula is C21H23N3O2. The van der Waals surface area contributed by atoms with Gasteiger partial charge in [0.2, 0.25) is 5.91 Å². The Morgan fingerprint density at radius 3 is 2.69 bits per heavy atom. The molecule has 0 aliphatic carbocycles. The number of nitrogens with zero attached hydrogens (tertiary/aromatic N) is 2. The molecule has 3 aromatic rings. The number of rotatable bonds is 5. The fourth-order valence-corrected chi connectivity index (χ4v) is 3.03. The highest BCUT2D eigenvalue weighted by Gasteiger charge is 2.12. The van der Waals surface area contributed by atoms with E-state index in [2.05, 4.69) is 24.1 Å². The van der Waals surface area contributed by atoms with Crippen LogP contribution in [0.4, 0.5) is 5.69 Å². The summed E-state index contributed by atoms with van der Waals surface area (Å²) in [5.74, 6) is 0.207. The maximum atomic E-state index is 12.5. The van der Waals surface area contributed by atoms with Gasteiger partial charge < -0.3 is 5.32 Å². The number of carbonyl (C=O) groups excluding carboxylic acids is 1. The van der Waals surface area contributed by atoms with E-state index in [0.717, 1.165) is 16.8 Å². The number of carbonyl (C=O) groups is 1. The Morgan fingerprint density at radius 2 is 1.92 bits per heavy atom. The minimum atomic E-state index is -0.123. The average Bonchev–Trinajstić information content (AvgIpc) is 2.63. The zero-order chi connectivity index (χ0) is 18.7. The third-order valence-corrected chi connectivity index (χ3v) is 4.50. The van der Waals surface area contributed by atoms with Crippen molar-refractivity contribution in [3.8, 4) is 0 Å². The summed E-state index contributed by atoms with van der Waals surface area (Å²) < 4.78 is 1.49. The second kappa shape index (κ2) is 7.52. The molecule has 1 N–H and O–H groups in total. The molecule has 0 fully saturated rings. The average molecular weight is 349 g/mol. The summed E-state index contributed by atoms with van der Waals surface area (Å²) in [6.07, 6.45) is 1.72. The second-order valence-corrected chi connectivity index (χ2v) is 6.75. The topological polar surface area (TPSA) is 64.0 Å². The van der Waals surface area contributed by atoms with E-state index in [0.29, 0.717) is 23.4 Å². The van der Waals surface area contributed by atoms with Gasteiger partial charge in [0, 0.05) is 18.7 Å². The monoisotopic (exact) mass is 349 g/mol. The number of benzene rings is 2. The van der Waals surface area contributed by atoms with Crippen LogP contribution in [0.1, 0.15) is 37.3 Å². The van der Waals surface area contributed by atoms with E-state index in [1.165, 1.54) is 10.9 Å². The summed E-state index contributed by atoms with van der Waals surface area (Å²) in [6.45, 7) is 6.49. The molecule has 0 saturated heterocycles. The molecule has 0 spiro atoms. The van der Waals surface area contributed by atoms with Gasteiger partial charge in [0.05, 0.1) is 17.2 Å². The summed E-state index contributed by atoms with van der Waals surface area (Å²) in [4.78, 5) is 29.2. The van der Waals surface area contributed by atoms with Crippen LogP contribution >= 0.6 is 0 Å². The molecule has 0 radical (unpaired) electrons. The molecule has 26 heavy (non-hydrogen) atoms. The molecule has 2 aromatic carbocycles. The van der Waals surface area contributed by atoms with Gasteiger partial charge in [0.1, 0.15) is 0 Å². The summed E-state index contributed by atoms with van der Waals surface area (Å²) in [5.41, 5.74) is 3.57. The van der Waals surface area contributed by atoms with E-state index < -0.39 is 0 Å². The quantitative estimate of drug-likeness (QED) is 0.761. The molecule has 5 nitrogen and oxygen atoms in total. The minimum Gasteiger partial charge on any atom is -0.326 e. The summed E-state index contributed by atoms with van der Waals surface area (Å²) >= 11 is 0. The first-order valence-corrected chi connectivity index (χ1v) is 8.81. The Labute approximate surface area is 152 Å². The van der Waals surface area contributed by atoms with Crippen molar-refractivity contribution in [1.29, 1.82) is 0 Å². The normalized spacial score (nSPS) is 11.1. The maximum Gasteiger partial charge on any atom is 0.261 e. The highest BCUT2D eigenvalue weighted by atomic mass is 16.2. The van der Waals surface area contributed by atoms with Crippen LogP contribution < -0.4 is 10.9 Å². The third kappa shape index (κ3) is 3.67. The Bertz CT molecular complexity index is 1010. The Kier molecular flexibility index (Phi) is 5.16. The molecule has 0 aliphatic rings. The van der Waals surface area contributed by atoms with E-state index in [1.807, 2.05) is 37.3 Å². The summed E-state index contributed by atoms with van der Waals surface area (Å²) in [5, 5.41) is 3.58. The van der Waals surface area contributed by atoms with Gasteiger partial charge in [-0.05, 0) is 36.1 Å². The lowest BCUT2D eigenvalue weighted by Gasteiger charge is -2.16. The van der Waals surface area contributed by atoms with Crippen molar-refractivity contribution in [2.45, 2.75) is 39.7 Å². The molecule has 0 bridgehead atoms. The lowest BCUT2D eigenvalue weighted by molar-refractivity contribution is -0.116. The fourth-order valence-electron chi connectivity index (χ4n) is 3.03. The van der Waals surface area contributed by atoms with Crippen molar-refractivity contribution in [3.63, 3.8) is 0 Å². The number of fused-ring (bicyclic) bond motifs is 1. The van der Waals surface area contributed by atoms with E-state index in [4.69, 9.17) is 0 Å². The summed E-state index contributed by atoms with van der Waals surface area (Å²) in [7, 11) is 0. The van der Waals surface area contributed by atoms with Crippen LogP contribution in [0.15, 0.2) is 53.6 Å². The molecular weight excluding hydrogens is 326 g/mol. The number of anilines is 1. The zero-order valence-corrected chi connectivity index (χ0v) is 15.3. The van der Waals surface area contributed by atoms with Crippen LogP contribution in [0, 0.1) is 6.92 Å². The fraction of sp³-hybridized carbons (Fsp3) is 0.286. The number of aryl methyl sites for hydroxylation is 2. The lowest BCUT2D eigenvalue weighted by atomic mass is 9.98. The van der Waals surface area contributed by atoms with Gasteiger partial charge in [-0.3, -0.25) is 14.2 Å². The number of para-hydroxylation sites is 2. The van der Waals surface area contributed by atoms with Crippen LogP contribution in [0.3, 0.4) is 0 Å². The minimum absolute atomic E-state index is 0.110. The largest absolute Gasteiger partial charge is 0.326 e. The molecule has 0 aliphatic heterocycles. The zero-order valence-electron chi connectivity index (χ0n) is 15.3. The van der Waals surface area contributed by atoms with Crippen molar-refractivity contribution in [2.24, 2.45) is 0 Å². The van der Waals surface area contributed by atoms with Crippen LogP contribution in [-0.4, -0.2) is 15.5 Å². The van der Waals surface area contributed by atoms with E-state index >= 15 is 0 Å². The molecule has 0 unspecified atom stereocenters. The third-order valence-electron chi connectivity index (χ3n) is 4.50. The Morgan fingerprint density at radius 1 is 1.15 bits per heavy atom. The van der Waals surface area contributed by atoms with Crippen molar-refractivity contribution in [1.82, 2.24) is 9.55 Å². The van der Waals surface area contributed by atoms with E-state index in [-0.39, 0.29) is 17.9 Å². The SMILES string of the molecule is Cc1cccc(C(C)C)c1NC(=O)CCn1cnc2ccccc2c1=O. The molecule has 3 rings (SSSR count). The van der Waals surface area contributed by atoms with Crippen LogP contribution in [0.5, 0.6) is 0 Å². The Hall–Kier alpha value is -2.95. The molecule has 1 amide bonds. The first kappa shape index (κ1) is 17.9. The van der Waals surface area contributed by atoms with Gasteiger partial charge in [0.15, 0.2) is 0 Å². The van der Waals surface area contributed by atoms with E-state index in [1.54, 1.807) is 12.1 Å². The predicted molar refractivity (Wildman–Crippen MR) is 105 cm³/mol. The molecule has 0 saturated carbocycles. The van der Waals surface area contributed by atoms with Gasteiger partial charge in [0.25, 0.3) is 5.56 Å². The van der Waals surface area contributed by atoms with Crippen molar-refractivity contribution in [2.75, 3.05) is 5.32 Å². The Balaban J connectivity index is 1.75. The first-order chi connectivity index (χ1) is 12.5. The van der Waals surface area contributed by atoms with Gasteiger partial charge in [-0.15, -0.1) is 0 Å². The molecule has 134 valence electrons. The van der Waals surface area contributed by atoms with Gasteiger partial charge in [-0.2, -0.15) is 0 Å². The highest BCUT2D eigenvalue weighted by Crippen LogP contribution is 2.27. The highest BCUT2D eigenvalue weighted by molar-refractivity contribution is 5.92. The molecule has 1 heterocycles. The van der Waals surface area contributed by atoms with Crippen molar-refractivity contribution in [3.05, 3.63) is 70.3 Å². The number of aromatic nitrogens is 2. The standard InChI is InChI=1S/C21H23N3O2/c1-14(2)16-9-6-7-15(3)20(16)23-19(25)11-12-24-13-22-18-10-5-4-8-17(18)21(24)26/h4-10,13-14H,11-12H2,1-3H3,(H,23,25). The smallest absolute Gasteiger partial charge is 0.261 e. The van der Waals surface area contributed by atoms with Crippen molar-refractivity contribution >= 4 is 22.5 Å². The van der Waals surface area contributed by atoms with Gasteiger partial charge >= 0.3 is 0 Å². The molecule has 5 heteroatoms. The number of hydrogen-bond acceptors (Lipinski definition) is 3. The maximum absolute atomic E-state index is 12.5. The van der Waals surface area contributed by atoms with Crippen LogP contribution in [0.2, 0.25) is 0 Å². The number of hydrogen-bond donors (Lipinski definition) is 1.